The molecule has 1 rings (SSSR count). The SMILES string of the molecule is BN1NCCC1=O. The summed E-state index contributed by atoms with van der Waals surface area (Å²) in [6.45, 7) is 0.801. The predicted octanol–water partition coefficient (Wildman–Crippen LogP) is -1.73. The van der Waals surface area contributed by atoms with Crippen LogP contribution in [0, 0.1) is 0 Å². The van der Waals surface area contributed by atoms with Crippen molar-refractivity contribution in [3.63, 3.8) is 0 Å². The number of carbonyl (C=O) groups excluding carboxylic acids is 1. The molecule has 0 bridgehead atoms. The summed E-state index contributed by atoms with van der Waals surface area (Å²) in [6.07, 6.45) is 0.649. The van der Waals surface area contributed by atoms with Gasteiger partial charge in [-0.2, -0.15) is 0 Å². The first kappa shape index (κ1) is 4.65. The van der Waals surface area contributed by atoms with Crippen LogP contribution in [0.5, 0.6) is 0 Å². The minimum atomic E-state index is 0.181. The Morgan fingerprint density at radius 3 is 2.71 bits per heavy atom. The predicted molar refractivity (Wildman–Crippen MR) is 28.0 cm³/mol. The van der Waals surface area contributed by atoms with Crippen molar-refractivity contribution in [1.29, 1.82) is 0 Å². The first-order chi connectivity index (χ1) is 3.30. The van der Waals surface area contributed by atoms with E-state index in [1.54, 1.807) is 7.98 Å². The van der Waals surface area contributed by atoms with E-state index in [1.165, 1.54) is 4.92 Å². The van der Waals surface area contributed by atoms with E-state index >= 15 is 0 Å². The van der Waals surface area contributed by atoms with Crippen molar-refractivity contribution in [2.45, 2.75) is 6.42 Å². The van der Waals surface area contributed by atoms with Gasteiger partial charge in [0.25, 0.3) is 0 Å². The van der Waals surface area contributed by atoms with Crippen molar-refractivity contribution in [3.8, 4) is 0 Å². The van der Waals surface area contributed by atoms with Crippen LogP contribution in [0.2, 0.25) is 0 Å². The Hall–Kier alpha value is -0.505. The highest BCUT2D eigenvalue weighted by molar-refractivity contribution is 6.14. The summed E-state index contributed by atoms with van der Waals surface area (Å²) in [6, 6.07) is 0. The molecular weight excluding hydrogens is 90.9 g/mol. The molecule has 7 heavy (non-hydrogen) atoms. The fourth-order valence-electron chi connectivity index (χ4n) is 0.586. The van der Waals surface area contributed by atoms with Crippen LogP contribution in [-0.4, -0.2) is 25.4 Å². The maximum atomic E-state index is 10.4. The monoisotopic (exact) mass is 98.1 g/mol. The molecule has 0 aromatic carbocycles. The molecule has 1 aliphatic rings. The maximum Gasteiger partial charge on any atom is 0.243 e. The average Bonchev–Trinajstić information content (AvgIpc) is 1.91. The molecule has 0 saturated carbocycles. The van der Waals surface area contributed by atoms with Gasteiger partial charge < -0.3 is 4.92 Å². The van der Waals surface area contributed by atoms with Gasteiger partial charge in [0.1, 0.15) is 0 Å². The number of hydrogen-bond acceptors (Lipinski definition) is 2. The Bertz CT molecular complexity index is 94.9. The van der Waals surface area contributed by atoms with Gasteiger partial charge in [0.05, 0.1) is 0 Å². The quantitative estimate of drug-likeness (QED) is 0.365. The molecule has 0 atom stereocenters. The number of amides is 1. The third-order valence-electron chi connectivity index (χ3n) is 1.06. The summed E-state index contributed by atoms with van der Waals surface area (Å²) < 4.78 is 0. The van der Waals surface area contributed by atoms with Crippen LogP contribution in [0.1, 0.15) is 6.42 Å². The lowest BCUT2D eigenvalue weighted by molar-refractivity contribution is -0.124. The molecule has 0 aromatic rings. The summed E-state index contributed by atoms with van der Waals surface area (Å²) in [5.41, 5.74) is 2.85. The zero-order valence-corrected chi connectivity index (χ0v) is 4.27. The Morgan fingerprint density at radius 2 is 2.57 bits per heavy atom. The molecule has 0 unspecified atom stereocenters. The summed E-state index contributed by atoms with van der Waals surface area (Å²) >= 11 is 0. The fraction of sp³-hybridized carbons (Fsp3) is 0.667. The van der Waals surface area contributed by atoms with Crippen LogP contribution >= 0.6 is 0 Å². The third-order valence-corrected chi connectivity index (χ3v) is 1.06. The van der Waals surface area contributed by atoms with Crippen LogP contribution in [0.4, 0.5) is 0 Å². The number of hydrogen-bond donors (Lipinski definition) is 1. The minimum Gasteiger partial charge on any atom is -0.333 e. The Morgan fingerprint density at radius 1 is 1.86 bits per heavy atom. The highest BCUT2D eigenvalue weighted by Crippen LogP contribution is 1.91. The molecule has 3 nitrogen and oxygen atoms in total. The van der Waals surface area contributed by atoms with E-state index in [0.29, 0.717) is 6.42 Å². The van der Waals surface area contributed by atoms with Gasteiger partial charge in [-0.25, -0.2) is 5.43 Å². The summed E-state index contributed by atoms with van der Waals surface area (Å²) in [5, 5.41) is 0. The van der Waals surface area contributed by atoms with E-state index in [-0.39, 0.29) is 5.91 Å². The number of rotatable bonds is 0. The highest BCUT2D eigenvalue weighted by atomic mass is 16.2. The van der Waals surface area contributed by atoms with Crippen LogP contribution in [0.3, 0.4) is 0 Å². The second-order valence-electron chi connectivity index (χ2n) is 1.61. The van der Waals surface area contributed by atoms with Crippen molar-refractivity contribution in [1.82, 2.24) is 10.3 Å². The van der Waals surface area contributed by atoms with E-state index in [1.807, 2.05) is 0 Å². The normalized spacial score (nSPS) is 21.1. The molecule has 0 aromatic heterocycles. The number of hydrazine groups is 1. The molecule has 0 spiro atoms. The second kappa shape index (κ2) is 1.54. The molecule has 38 valence electrons. The third kappa shape index (κ3) is 0.744. The zero-order valence-electron chi connectivity index (χ0n) is 4.27. The standard InChI is InChI=1S/C3H7BN2O/c4-6-3(7)1-2-5-6/h5H,1-2,4H2. The fourth-order valence-corrected chi connectivity index (χ4v) is 0.586. The van der Waals surface area contributed by atoms with Gasteiger partial charge in [0.2, 0.25) is 13.9 Å². The second-order valence-corrected chi connectivity index (χ2v) is 1.61. The lowest BCUT2D eigenvalue weighted by Crippen LogP contribution is -2.30. The van der Waals surface area contributed by atoms with Crippen LogP contribution in [-0.2, 0) is 4.79 Å². The Labute approximate surface area is 43.1 Å². The first-order valence-electron chi connectivity index (χ1n) is 2.31. The van der Waals surface area contributed by atoms with Gasteiger partial charge in [0.15, 0.2) is 0 Å². The van der Waals surface area contributed by atoms with Crippen LogP contribution in [0.15, 0.2) is 0 Å². The van der Waals surface area contributed by atoms with Gasteiger partial charge in [-0.15, -0.1) is 0 Å². The average molecular weight is 97.9 g/mol. The van der Waals surface area contributed by atoms with Crippen molar-refractivity contribution >= 4 is 13.9 Å². The van der Waals surface area contributed by atoms with Crippen molar-refractivity contribution < 1.29 is 4.79 Å². The molecule has 1 heterocycles. The number of nitrogens with zero attached hydrogens (tertiary/aromatic N) is 1. The molecule has 1 N–H and O–H groups in total. The summed E-state index contributed by atoms with van der Waals surface area (Å²) in [4.78, 5) is 12.0. The molecule has 1 saturated heterocycles. The van der Waals surface area contributed by atoms with E-state index < -0.39 is 0 Å². The Kier molecular flexibility index (Phi) is 1.02. The van der Waals surface area contributed by atoms with Crippen molar-refractivity contribution in [3.05, 3.63) is 0 Å². The lowest BCUT2D eigenvalue weighted by atomic mass is 10.3. The lowest BCUT2D eigenvalue weighted by Gasteiger charge is -2.05. The zero-order chi connectivity index (χ0) is 5.28. The first-order valence-corrected chi connectivity index (χ1v) is 2.31. The molecule has 4 heteroatoms. The number of carbonyl (C=O) groups is 1. The molecule has 1 amide bonds. The van der Waals surface area contributed by atoms with Gasteiger partial charge in [-0.3, -0.25) is 4.79 Å². The van der Waals surface area contributed by atoms with E-state index in [2.05, 4.69) is 5.43 Å². The smallest absolute Gasteiger partial charge is 0.243 e. The molecular formula is C3H7BN2O. The topological polar surface area (TPSA) is 32.3 Å². The highest BCUT2D eigenvalue weighted by Gasteiger charge is 2.12. The minimum absolute atomic E-state index is 0.181. The van der Waals surface area contributed by atoms with Gasteiger partial charge in [-0.05, 0) is 0 Å². The van der Waals surface area contributed by atoms with Gasteiger partial charge in [0, 0.05) is 13.0 Å². The van der Waals surface area contributed by atoms with Crippen molar-refractivity contribution in [2.24, 2.45) is 0 Å². The maximum absolute atomic E-state index is 10.4. The molecule has 1 fully saturated rings. The largest absolute Gasteiger partial charge is 0.333 e. The van der Waals surface area contributed by atoms with Gasteiger partial charge >= 0.3 is 0 Å². The van der Waals surface area contributed by atoms with Crippen LogP contribution < -0.4 is 5.43 Å². The van der Waals surface area contributed by atoms with Crippen LogP contribution in [0.25, 0.3) is 0 Å². The van der Waals surface area contributed by atoms with Gasteiger partial charge in [-0.1, -0.05) is 0 Å². The van der Waals surface area contributed by atoms with E-state index in [9.17, 15) is 4.79 Å². The molecule has 1 aliphatic heterocycles. The van der Waals surface area contributed by atoms with Crippen molar-refractivity contribution in [2.75, 3.05) is 6.54 Å². The summed E-state index contributed by atoms with van der Waals surface area (Å²) in [7, 11) is 1.73. The molecule has 0 aliphatic carbocycles. The number of nitrogens with one attached hydrogen (secondary N) is 1. The molecule has 0 radical (unpaired) electrons. The van der Waals surface area contributed by atoms with E-state index in [4.69, 9.17) is 0 Å². The van der Waals surface area contributed by atoms with E-state index in [0.717, 1.165) is 6.54 Å². The summed E-state index contributed by atoms with van der Waals surface area (Å²) in [5.74, 6) is 0.181. The Balaban J connectivity index is 2.48.